The van der Waals surface area contributed by atoms with Crippen LogP contribution in [0.1, 0.15) is 61.3 Å². The molecule has 2 saturated heterocycles. The first-order valence-electron chi connectivity index (χ1n) is 12.7. The highest BCUT2D eigenvalue weighted by Crippen LogP contribution is 2.20. The average molecular weight is 454 g/mol. The van der Waals surface area contributed by atoms with Crippen LogP contribution in [-0.4, -0.2) is 79.4 Å². The lowest BCUT2D eigenvalue weighted by Gasteiger charge is -2.39. The van der Waals surface area contributed by atoms with E-state index in [1.54, 1.807) is 6.20 Å². The Kier molecular flexibility index (Phi) is 16.8. The molecule has 2 fully saturated rings. The molecule has 188 valence electrons. The average Bonchev–Trinajstić information content (AvgIpc) is 2.82. The fourth-order valence-corrected chi connectivity index (χ4v) is 3.88. The summed E-state index contributed by atoms with van der Waals surface area (Å²) in [6.45, 7) is 22.3. The SMILES string of the molecule is CC.CC.CCO/C(N)=C/C(=C\N)N1CCN(CC2CCN(CC(=O)C(C)C)CC2)CC1. The Bertz CT molecular complexity index is 547. The number of ketones is 1. The van der Waals surface area contributed by atoms with Crippen molar-refractivity contribution in [3.63, 3.8) is 0 Å². The lowest BCUT2D eigenvalue weighted by Crippen LogP contribution is -2.48. The molecule has 0 saturated carbocycles. The van der Waals surface area contributed by atoms with E-state index in [4.69, 9.17) is 16.2 Å². The Balaban J connectivity index is 0.00000227. The van der Waals surface area contributed by atoms with Crippen LogP contribution in [0.2, 0.25) is 0 Å². The lowest BCUT2D eigenvalue weighted by molar-refractivity contribution is -0.123. The first-order valence-corrected chi connectivity index (χ1v) is 12.7. The van der Waals surface area contributed by atoms with Gasteiger partial charge in [0.1, 0.15) is 5.78 Å². The monoisotopic (exact) mass is 453 g/mol. The van der Waals surface area contributed by atoms with Crippen molar-refractivity contribution in [2.24, 2.45) is 23.3 Å². The third-order valence-electron chi connectivity index (χ3n) is 5.76. The molecule has 0 radical (unpaired) electrons. The standard InChI is InChI=1S/C21H39N5O2.2C2H6/c1-4-28-21(23)13-19(14-22)26-11-9-25(10-12-26)15-18-5-7-24(8-6-18)16-20(27)17(2)3;2*1-2/h13-14,17-18H,4-12,15-16,22-23H2,1-3H3;2*1-2H3/b19-14+,21-13+;;. The summed E-state index contributed by atoms with van der Waals surface area (Å²) in [6, 6.07) is 0. The Morgan fingerprint density at radius 2 is 1.56 bits per heavy atom. The third-order valence-corrected chi connectivity index (χ3v) is 5.76. The highest BCUT2D eigenvalue weighted by molar-refractivity contribution is 5.82. The number of rotatable bonds is 9. The number of ether oxygens (including phenoxy) is 1. The molecule has 0 bridgehead atoms. The highest BCUT2D eigenvalue weighted by Gasteiger charge is 2.25. The van der Waals surface area contributed by atoms with Crippen LogP contribution in [-0.2, 0) is 9.53 Å². The van der Waals surface area contributed by atoms with Gasteiger partial charge < -0.3 is 21.1 Å². The molecule has 2 rings (SSSR count). The first kappa shape index (κ1) is 30.3. The Morgan fingerprint density at radius 3 is 2.03 bits per heavy atom. The zero-order chi connectivity index (χ0) is 24.5. The normalized spacial score (nSPS) is 19.1. The second-order valence-electron chi connectivity index (χ2n) is 8.20. The van der Waals surface area contributed by atoms with E-state index in [1.807, 2.05) is 54.5 Å². The topological polar surface area (TPSA) is 88.1 Å². The van der Waals surface area contributed by atoms with Crippen LogP contribution in [0.25, 0.3) is 0 Å². The minimum absolute atomic E-state index is 0.139. The molecule has 0 aromatic carbocycles. The molecular formula is C25H51N5O2. The number of nitrogens with zero attached hydrogens (tertiary/aromatic N) is 3. The molecule has 0 spiro atoms. The van der Waals surface area contributed by atoms with E-state index in [9.17, 15) is 4.79 Å². The molecular weight excluding hydrogens is 402 g/mol. The van der Waals surface area contributed by atoms with Gasteiger partial charge in [-0.2, -0.15) is 0 Å². The van der Waals surface area contributed by atoms with Crippen molar-refractivity contribution in [3.8, 4) is 0 Å². The zero-order valence-corrected chi connectivity index (χ0v) is 21.9. The Hall–Kier alpha value is -1.73. The Labute approximate surface area is 197 Å². The summed E-state index contributed by atoms with van der Waals surface area (Å²) >= 11 is 0. The van der Waals surface area contributed by atoms with Crippen LogP contribution < -0.4 is 11.5 Å². The number of hydrogen-bond donors (Lipinski definition) is 2. The molecule has 0 atom stereocenters. The maximum atomic E-state index is 11.9. The van der Waals surface area contributed by atoms with Crippen molar-refractivity contribution in [1.82, 2.24) is 14.7 Å². The van der Waals surface area contributed by atoms with Crippen LogP contribution in [0.15, 0.2) is 23.9 Å². The summed E-state index contributed by atoms with van der Waals surface area (Å²) in [5, 5.41) is 0. The molecule has 0 aromatic rings. The number of piperazine rings is 1. The van der Waals surface area contributed by atoms with E-state index < -0.39 is 0 Å². The van der Waals surface area contributed by atoms with Crippen LogP contribution in [0.3, 0.4) is 0 Å². The number of allylic oxidation sites excluding steroid dienone is 1. The van der Waals surface area contributed by atoms with E-state index in [0.29, 0.717) is 24.8 Å². The maximum absolute atomic E-state index is 11.9. The van der Waals surface area contributed by atoms with E-state index in [2.05, 4.69) is 14.7 Å². The van der Waals surface area contributed by atoms with E-state index in [1.165, 1.54) is 12.8 Å². The van der Waals surface area contributed by atoms with E-state index in [0.717, 1.165) is 57.4 Å². The fraction of sp³-hybridized carbons (Fsp3) is 0.800. The molecule has 0 unspecified atom stereocenters. The van der Waals surface area contributed by atoms with Gasteiger partial charge in [-0.1, -0.05) is 41.5 Å². The number of piperidine rings is 1. The summed E-state index contributed by atoms with van der Waals surface area (Å²) in [5.41, 5.74) is 12.6. The predicted molar refractivity (Wildman–Crippen MR) is 136 cm³/mol. The molecule has 0 amide bonds. The summed E-state index contributed by atoms with van der Waals surface area (Å²) in [4.78, 5) is 19.1. The van der Waals surface area contributed by atoms with Gasteiger partial charge in [-0.3, -0.25) is 14.6 Å². The van der Waals surface area contributed by atoms with Crippen molar-refractivity contribution in [3.05, 3.63) is 23.9 Å². The summed E-state index contributed by atoms with van der Waals surface area (Å²) in [5.74, 6) is 1.64. The fourth-order valence-electron chi connectivity index (χ4n) is 3.88. The van der Waals surface area contributed by atoms with Gasteiger partial charge in [-0.25, -0.2) is 0 Å². The molecule has 2 heterocycles. The summed E-state index contributed by atoms with van der Waals surface area (Å²) < 4.78 is 5.31. The van der Waals surface area contributed by atoms with Crippen molar-refractivity contribution < 1.29 is 9.53 Å². The van der Waals surface area contributed by atoms with Crippen molar-refractivity contribution in [2.75, 3.05) is 59.0 Å². The smallest absolute Gasteiger partial charge is 0.186 e. The third kappa shape index (κ3) is 11.2. The van der Waals surface area contributed by atoms with E-state index >= 15 is 0 Å². The van der Waals surface area contributed by atoms with Gasteiger partial charge in [-0.15, -0.1) is 0 Å². The summed E-state index contributed by atoms with van der Waals surface area (Å²) in [6.07, 6.45) is 5.80. The van der Waals surface area contributed by atoms with Gasteiger partial charge in [0.25, 0.3) is 0 Å². The predicted octanol–water partition coefficient (Wildman–Crippen LogP) is 3.23. The second-order valence-corrected chi connectivity index (χ2v) is 8.20. The van der Waals surface area contributed by atoms with Gasteiger partial charge in [0.2, 0.25) is 0 Å². The van der Waals surface area contributed by atoms with Gasteiger partial charge >= 0.3 is 0 Å². The molecule has 32 heavy (non-hydrogen) atoms. The Morgan fingerprint density at radius 1 is 1.00 bits per heavy atom. The van der Waals surface area contributed by atoms with Crippen molar-refractivity contribution >= 4 is 5.78 Å². The quantitative estimate of drug-likeness (QED) is 0.409. The first-order chi connectivity index (χ1) is 15.4. The molecule has 7 nitrogen and oxygen atoms in total. The molecule has 2 aliphatic rings. The second kappa shape index (κ2) is 17.8. The molecule has 0 aliphatic carbocycles. The molecule has 4 N–H and O–H groups in total. The number of likely N-dealkylation sites (tertiary alicyclic amines) is 1. The lowest BCUT2D eigenvalue weighted by atomic mass is 9.95. The van der Waals surface area contributed by atoms with Gasteiger partial charge in [0.15, 0.2) is 5.88 Å². The van der Waals surface area contributed by atoms with Gasteiger partial charge in [-0.05, 0) is 38.8 Å². The maximum Gasteiger partial charge on any atom is 0.186 e. The number of carbonyl (C=O) groups excluding carboxylic acids is 1. The van der Waals surface area contributed by atoms with Crippen LogP contribution in [0.5, 0.6) is 0 Å². The van der Waals surface area contributed by atoms with Crippen molar-refractivity contribution in [2.45, 2.75) is 61.3 Å². The van der Waals surface area contributed by atoms with Crippen molar-refractivity contribution in [1.29, 1.82) is 0 Å². The van der Waals surface area contributed by atoms with Crippen LogP contribution in [0.4, 0.5) is 0 Å². The van der Waals surface area contributed by atoms with Gasteiger partial charge in [0, 0.05) is 50.9 Å². The van der Waals surface area contributed by atoms with Gasteiger partial charge in [0.05, 0.1) is 18.8 Å². The summed E-state index contributed by atoms with van der Waals surface area (Å²) in [7, 11) is 0. The largest absolute Gasteiger partial charge is 0.480 e. The number of hydrogen-bond acceptors (Lipinski definition) is 7. The van der Waals surface area contributed by atoms with Crippen LogP contribution >= 0.6 is 0 Å². The number of Topliss-reactive ketones (excluding diaryl/α,β-unsaturated/α-hetero) is 1. The number of nitrogens with two attached hydrogens (primary N) is 2. The molecule has 2 aliphatic heterocycles. The highest BCUT2D eigenvalue weighted by atomic mass is 16.5. The van der Waals surface area contributed by atoms with Crippen LogP contribution in [0, 0.1) is 11.8 Å². The van der Waals surface area contributed by atoms with E-state index in [-0.39, 0.29) is 5.92 Å². The molecule has 7 heteroatoms. The number of carbonyl (C=O) groups is 1. The minimum atomic E-state index is 0.139. The minimum Gasteiger partial charge on any atom is -0.480 e. The zero-order valence-electron chi connectivity index (χ0n) is 21.9. The molecule has 0 aromatic heterocycles.